The fourth-order valence-corrected chi connectivity index (χ4v) is 8.00. The summed E-state index contributed by atoms with van der Waals surface area (Å²) in [7, 11) is 1.63. The topological polar surface area (TPSA) is 98.3 Å². The van der Waals surface area contributed by atoms with E-state index in [2.05, 4.69) is 55.7 Å². The lowest BCUT2D eigenvalue weighted by atomic mass is 9.97. The van der Waals surface area contributed by atoms with Gasteiger partial charge in [-0.25, -0.2) is 19.4 Å². The van der Waals surface area contributed by atoms with Crippen molar-refractivity contribution in [2.75, 3.05) is 60.5 Å². The minimum absolute atomic E-state index is 0.0603. The molecule has 4 fully saturated rings. The summed E-state index contributed by atoms with van der Waals surface area (Å²) >= 11 is 6.09. The Bertz CT molecular complexity index is 1720. The smallest absolute Gasteiger partial charge is 0.247 e. The van der Waals surface area contributed by atoms with Crippen LogP contribution in [0.2, 0.25) is 5.02 Å². The van der Waals surface area contributed by atoms with Gasteiger partial charge in [-0.05, 0) is 69.4 Å². The van der Waals surface area contributed by atoms with Crippen LogP contribution in [0, 0.1) is 5.82 Å². The number of benzene rings is 2. The summed E-state index contributed by atoms with van der Waals surface area (Å²) in [6, 6.07) is 12.6. The van der Waals surface area contributed by atoms with Crippen molar-refractivity contribution in [1.82, 2.24) is 19.8 Å². The number of halogens is 2. The first-order valence-electron chi connectivity index (χ1n) is 17.6. The lowest BCUT2D eigenvalue weighted by Crippen LogP contribution is -2.61. The third-order valence-electron chi connectivity index (χ3n) is 10.5. The number of piperazine rings is 1. The lowest BCUT2D eigenvalue weighted by molar-refractivity contribution is -0.111. The Kier molecular flexibility index (Phi) is 10.1. The average Bonchev–Trinajstić information content (AvgIpc) is 3.85. The molecule has 3 aromatic rings. The van der Waals surface area contributed by atoms with Gasteiger partial charge in [-0.2, -0.15) is 0 Å². The second-order valence-electron chi connectivity index (χ2n) is 13.8. The Morgan fingerprint density at radius 3 is 2.38 bits per heavy atom. The number of rotatable bonds is 10. The number of hydrogen-bond acceptors (Lipinski definition) is 10. The molecule has 3 aliphatic heterocycles. The number of piperidine rings is 1. The maximum Gasteiger partial charge on any atom is 0.247 e. The predicted octanol–water partition coefficient (Wildman–Crippen LogP) is 6.55. The van der Waals surface area contributed by atoms with Gasteiger partial charge >= 0.3 is 0 Å². The molecule has 2 aromatic carbocycles. The lowest BCUT2D eigenvalue weighted by Gasteiger charge is -2.49. The van der Waals surface area contributed by atoms with E-state index in [1.807, 2.05) is 12.1 Å². The van der Waals surface area contributed by atoms with Crippen molar-refractivity contribution < 1.29 is 18.8 Å². The number of nitrogens with one attached hydrogen (secondary N) is 2. The molecule has 4 aliphatic rings. The highest BCUT2D eigenvalue weighted by molar-refractivity contribution is 6.30. The van der Waals surface area contributed by atoms with Crippen LogP contribution in [0.25, 0.3) is 0 Å². The van der Waals surface area contributed by atoms with E-state index in [4.69, 9.17) is 21.2 Å². The summed E-state index contributed by atoms with van der Waals surface area (Å²) in [4.78, 5) is 35.3. The van der Waals surface area contributed by atoms with E-state index >= 15 is 0 Å². The molecule has 11 nitrogen and oxygen atoms in total. The summed E-state index contributed by atoms with van der Waals surface area (Å²) < 4.78 is 19.8. The molecule has 1 aliphatic carbocycles. The Morgan fingerprint density at radius 1 is 1.00 bits per heavy atom. The number of carbonyl (C=O) groups is 1. The third-order valence-corrected chi connectivity index (χ3v) is 10.8. The van der Waals surface area contributed by atoms with Gasteiger partial charge in [0.2, 0.25) is 5.91 Å². The van der Waals surface area contributed by atoms with Crippen molar-refractivity contribution in [1.29, 1.82) is 0 Å². The van der Waals surface area contributed by atoms with Gasteiger partial charge in [-0.15, -0.1) is 0 Å². The molecule has 2 N–H and O–H groups in total. The highest BCUT2D eigenvalue weighted by Crippen LogP contribution is 2.41. The minimum atomic E-state index is -0.468. The van der Waals surface area contributed by atoms with Crippen LogP contribution in [-0.4, -0.2) is 89.7 Å². The Balaban J connectivity index is 1.09. The number of aromatic nitrogens is 2. The van der Waals surface area contributed by atoms with Gasteiger partial charge in [-0.1, -0.05) is 24.2 Å². The molecule has 3 saturated heterocycles. The molecule has 0 spiro atoms. The molecule has 13 heteroatoms. The fraction of sp³-hybridized carbons (Fsp3) is 0.486. The van der Waals surface area contributed by atoms with E-state index in [0.717, 1.165) is 56.3 Å². The van der Waals surface area contributed by atoms with Gasteiger partial charge in [0.15, 0.2) is 5.82 Å². The van der Waals surface area contributed by atoms with Crippen LogP contribution in [0.3, 0.4) is 0 Å². The zero-order valence-electron chi connectivity index (χ0n) is 28.9. The summed E-state index contributed by atoms with van der Waals surface area (Å²) in [5.41, 5.74) is 3.00. The molecule has 4 heterocycles. The molecular weight excluding hydrogens is 659 g/mol. The van der Waals surface area contributed by atoms with Crippen molar-refractivity contribution >= 4 is 46.2 Å². The second kappa shape index (κ2) is 14.7. The molecule has 1 saturated carbocycles. The SMILES string of the molecule is C=CC(=O)Nc1cc(Nc2cc(N3OCC[C@@H]3c3ccc(F)c(Cl)c3)ncn2)c(OC)cc1N1CCC(N2C[C@H](C)N(C3CC3)C[C@@H]2C)CC1. The van der Waals surface area contributed by atoms with Crippen LogP contribution in [-0.2, 0) is 9.63 Å². The van der Waals surface area contributed by atoms with E-state index < -0.39 is 5.82 Å². The molecule has 1 aromatic heterocycles. The van der Waals surface area contributed by atoms with Crippen LogP contribution in [0.15, 0.2) is 55.4 Å². The number of methoxy groups -OCH3 is 1. The van der Waals surface area contributed by atoms with Crippen molar-refractivity contribution in [2.24, 2.45) is 0 Å². The Morgan fingerprint density at radius 2 is 1.72 bits per heavy atom. The van der Waals surface area contributed by atoms with Crippen molar-refractivity contribution in [2.45, 2.75) is 76.2 Å². The van der Waals surface area contributed by atoms with Crippen molar-refractivity contribution in [3.05, 3.63) is 71.8 Å². The van der Waals surface area contributed by atoms with Gasteiger partial charge in [0, 0.05) is 68.9 Å². The number of hydrogen-bond donors (Lipinski definition) is 2. The van der Waals surface area contributed by atoms with Crippen LogP contribution in [0.5, 0.6) is 5.75 Å². The van der Waals surface area contributed by atoms with Crippen molar-refractivity contribution in [3.63, 3.8) is 0 Å². The van der Waals surface area contributed by atoms with Crippen LogP contribution in [0.1, 0.15) is 57.6 Å². The van der Waals surface area contributed by atoms with Crippen molar-refractivity contribution in [3.8, 4) is 5.75 Å². The molecule has 1 amide bonds. The molecule has 266 valence electrons. The largest absolute Gasteiger partial charge is 0.494 e. The monoisotopic (exact) mass is 704 g/mol. The van der Waals surface area contributed by atoms with Gasteiger partial charge in [0.1, 0.15) is 23.7 Å². The normalized spacial score (nSPS) is 23.6. The molecule has 7 rings (SSSR count). The first kappa shape index (κ1) is 34.5. The number of carbonyl (C=O) groups excluding carboxylic acids is 1. The Labute approximate surface area is 298 Å². The molecule has 0 unspecified atom stereocenters. The number of hydroxylamine groups is 1. The molecular formula is C37H46ClFN8O3. The summed E-state index contributed by atoms with van der Waals surface area (Å²) in [5, 5.41) is 8.14. The summed E-state index contributed by atoms with van der Waals surface area (Å²) in [5.74, 6) is 0.871. The van der Waals surface area contributed by atoms with Crippen LogP contribution >= 0.6 is 11.6 Å². The first-order chi connectivity index (χ1) is 24.2. The van der Waals surface area contributed by atoms with E-state index in [1.54, 1.807) is 30.4 Å². The zero-order valence-corrected chi connectivity index (χ0v) is 29.7. The zero-order chi connectivity index (χ0) is 34.9. The van der Waals surface area contributed by atoms with Gasteiger partial charge in [0.05, 0.1) is 41.8 Å². The van der Waals surface area contributed by atoms with Gasteiger partial charge in [-0.3, -0.25) is 19.4 Å². The van der Waals surface area contributed by atoms with E-state index in [9.17, 15) is 9.18 Å². The van der Waals surface area contributed by atoms with E-state index in [0.29, 0.717) is 59.9 Å². The van der Waals surface area contributed by atoms with E-state index in [-0.39, 0.29) is 17.0 Å². The molecule has 0 radical (unpaired) electrons. The number of nitrogens with zero attached hydrogens (tertiary/aromatic N) is 6. The number of ether oxygens (including phenoxy) is 1. The highest BCUT2D eigenvalue weighted by Gasteiger charge is 2.40. The molecule has 50 heavy (non-hydrogen) atoms. The van der Waals surface area contributed by atoms with Crippen LogP contribution in [0.4, 0.5) is 33.1 Å². The minimum Gasteiger partial charge on any atom is -0.494 e. The average molecular weight is 705 g/mol. The third kappa shape index (κ3) is 7.25. The number of amides is 1. The quantitative estimate of drug-likeness (QED) is 0.226. The maximum atomic E-state index is 13.9. The molecule has 0 bridgehead atoms. The van der Waals surface area contributed by atoms with Gasteiger partial charge < -0.3 is 20.3 Å². The van der Waals surface area contributed by atoms with Gasteiger partial charge in [0.25, 0.3) is 0 Å². The highest BCUT2D eigenvalue weighted by atomic mass is 35.5. The second-order valence-corrected chi connectivity index (χ2v) is 14.2. The standard InChI is InChI=1S/C37H46ClFN8O3/c1-5-37(48)43-30-17-31(42-35-19-36(41-22-40-35)47-32(12-15-50-47)25-6-9-29(39)28(38)16-25)34(49-4)18-33(30)44-13-10-27(11-14-44)46-21-23(2)45(20-24(46)3)26-7-8-26/h5-6,9,16-19,22-24,26-27,32H,1,7-8,10-15,20-21H2,2-4H3,(H,43,48)(H,40,41,42)/t23-,24-,32+/m0/s1. The summed E-state index contributed by atoms with van der Waals surface area (Å²) in [6.45, 7) is 12.9. The van der Waals surface area contributed by atoms with Crippen LogP contribution < -0.4 is 25.3 Å². The predicted molar refractivity (Wildman–Crippen MR) is 195 cm³/mol. The summed E-state index contributed by atoms with van der Waals surface area (Å²) in [6.07, 6.45) is 8.20. The maximum absolute atomic E-state index is 13.9. The molecule has 3 atom stereocenters. The first-order valence-corrected chi connectivity index (χ1v) is 18.0. The Hall–Kier alpha value is -3.97. The van der Waals surface area contributed by atoms with E-state index in [1.165, 1.54) is 31.3 Å². The fourth-order valence-electron chi connectivity index (χ4n) is 7.81. The number of anilines is 5.